The minimum absolute atomic E-state index is 0.215. The van der Waals surface area contributed by atoms with Gasteiger partial charge in [0.15, 0.2) is 0 Å². The lowest BCUT2D eigenvalue weighted by Crippen LogP contribution is -2.26. The summed E-state index contributed by atoms with van der Waals surface area (Å²) in [4.78, 5) is 10.7. The second-order valence-electron chi connectivity index (χ2n) is 5.41. The molecule has 1 aromatic rings. The fraction of sp³-hybridized carbons (Fsp3) is 0.562. The summed E-state index contributed by atoms with van der Waals surface area (Å²) in [6.45, 7) is 4.19. The Morgan fingerprint density at radius 2 is 2.10 bits per heavy atom. The van der Waals surface area contributed by atoms with Gasteiger partial charge in [0.1, 0.15) is 11.6 Å². The highest BCUT2D eigenvalue weighted by Crippen LogP contribution is 2.16. The number of nitrogens with one attached hydrogen (secondary N) is 1. The van der Waals surface area contributed by atoms with Gasteiger partial charge in [-0.15, -0.1) is 0 Å². The van der Waals surface area contributed by atoms with Crippen molar-refractivity contribution in [3.8, 4) is 5.75 Å². The number of aliphatic carboxylic acids is 1. The first kappa shape index (κ1) is 17.4. The zero-order chi connectivity index (χ0) is 15.8. The lowest BCUT2D eigenvalue weighted by molar-refractivity contribution is -0.141. The fourth-order valence-corrected chi connectivity index (χ4v) is 2.04. The molecule has 0 aromatic heterocycles. The van der Waals surface area contributed by atoms with E-state index in [1.165, 1.54) is 13.2 Å². The van der Waals surface area contributed by atoms with Crippen molar-refractivity contribution in [1.29, 1.82) is 0 Å². The van der Waals surface area contributed by atoms with E-state index in [1.807, 2.05) is 6.92 Å². The largest absolute Gasteiger partial charge is 0.497 e. The van der Waals surface area contributed by atoms with Gasteiger partial charge in [0.05, 0.1) is 13.0 Å². The van der Waals surface area contributed by atoms with E-state index in [-0.39, 0.29) is 17.8 Å². The molecule has 118 valence electrons. The highest BCUT2D eigenvalue weighted by atomic mass is 19.1. The normalized spacial score (nSPS) is 13.7. The first-order valence-electron chi connectivity index (χ1n) is 7.22. The summed E-state index contributed by atoms with van der Waals surface area (Å²) in [7, 11) is 1.51. The van der Waals surface area contributed by atoms with Gasteiger partial charge in [-0.3, -0.25) is 4.79 Å². The Balaban J connectivity index is 2.33. The highest BCUT2D eigenvalue weighted by molar-refractivity contribution is 5.69. The standard InChI is InChI=1S/C16H24FNO3/c1-11(16(19)20)5-4-6-12(2)18-10-13-7-8-14(21-3)9-15(13)17/h7-9,11-12,18H,4-6,10H2,1-3H3,(H,19,20). The van der Waals surface area contributed by atoms with Gasteiger partial charge in [0.25, 0.3) is 0 Å². The summed E-state index contributed by atoms with van der Waals surface area (Å²) >= 11 is 0. The van der Waals surface area contributed by atoms with Gasteiger partial charge in [0, 0.05) is 24.2 Å². The molecule has 0 amide bonds. The van der Waals surface area contributed by atoms with Crippen molar-refractivity contribution in [2.45, 2.75) is 45.7 Å². The third kappa shape index (κ3) is 6.12. The first-order chi connectivity index (χ1) is 9.93. The van der Waals surface area contributed by atoms with Crippen LogP contribution in [0.1, 0.15) is 38.7 Å². The molecule has 0 heterocycles. The summed E-state index contributed by atoms with van der Waals surface area (Å²) in [5.74, 6) is -0.840. The van der Waals surface area contributed by atoms with E-state index >= 15 is 0 Å². The molecule has 2 unspecified atom stereocenters. The second kappa shape index (κ2) is 8.62. The number of benzene rings is 1. The molecule has 21 heavy (non-hydrogen) atoms. The first-order valence-corrected chi connectivity index (χ1v) is 7.22. The Hall–Kier alpha value is -1.62. The lowest BCUT2D eigenvalue weighted by Gasteiger charge is -2.15. The zero-order valence-corrected chi connectivity index (χ0v) is 12.9. The van der Waals surface area contributed by atoms with Crippen molar-refractivity contribution < 1.29 is 19.0 Å². The number of carboxylic acids is 1. The van der Waals surface area contributed by atoms with Crippen LogP contribution in [0.4, 0.5) is 4.39 Å². The number of ether oxygens (including phenoxy) is 1. The maximum absolute atomic E-state index is 13.7. The van der Waals surface area contributed by atoms with Gasteiger partial charge in [-0.2, -0.15) is 0 Å². The van der Waals surface area contributed by atoms with E-state index in [2.05, 4.69) is 5.32 Å². The van der Waals surface area contributed by atoms with Gasteiger partial charge in [-0.1, -0.05) is 19.4 Å². The van der Waals surface area contributed by atoms with Crippen LogP contribution in [0.3, 0.4) is 0 Å². The van der Waals surface area contributed by atoms with Crippen LogP contribution in [0, 0.1) is 11.7 Å². The molecule has 2 atom stereocenters. The summed E-state index contributed by atoms with van der Waals surface area (Å²) in [5.41, 5.74) is 0.599. The monoisotopic (exact) mass is 297 g/mol. The quantitative estimate of drug-likeness (QED) is 0.735. The molecule has 0 fully saturated rings. The molecule has 0 spiro atoms. The van der Waals surface area contributed by atoms with Crippen LogP contribution in [0.15, 0.2) is 18.2 Å². The van der Waals surface area contributed by atoms with Crippen molar-refractivity contribution in [2.75, 3.05) is 7.11 Å². The zero-order valence-electron chi connectivity index (χ0n) is 12.9. The van der Waals surface area contributed by atoms with Gasteiger partial charge < -0.3 is 15.2 Å². The van der Waals surface area contributed by atoms with Crippen LogP contribution in [-0.4, -0.2) is 24.2 Å². The lowest BCUT2D eigenvalue weighted by atomic mass is 10.0. The van der Waals surface area contributed by atoms with Crippen molar-refractivity contribution in [3.05, 3.63) is 29.6 Å². The van der Waals surface area contributed by atoms with E-state index in [1.54, 1.807) is 19.1 Å². The van der Waals surface area contributed by atoms with Gasteiger partial charge >= 0.3 is 5.97 Å². The molecule has 0 saturated heterocycles. The molecule has 2 N–H and O–H groups in total. The Labute approximate surface area is 125 Å². The molecule has 0 bridgehead atoms. The smallest absolute Gasteiger partial charge is 0.306 e. The Morgan fingerprint density at radius 3 is 2.67 bits per heavy atom. The molecular weight excluding hydrogens is 273 g/mol. The van der Waals surface area contributed by atoms with Gasteiger partial charge in [-0.05, 0) is 25.8 Å². The number of halogens is 1. The maximum Gasteiger partial charge on any atom is 0.306 e. The van der Waals surface area contributed by atoms with Gasteiger partial charge in [-0.25, -0.2) is 4.39 Å². The Morgan fingerprint density at radius 1 is 1.38 bits per heavy atom. The van der Waals surface area contributed by atoms with E-state index < -0.39 is 5.97 Å². The van der Waals surface area contributed by atoms with Crippen molar-refractivity contribution in [2.24, 2.45) is 5.92 Å². The molecule has 4 nitrogen and oxygen atoms in total. The van der Waals surface area contributed by atoms with Crippen LogP contribution in [-0.2, 0) is 11.3 Å². The Kier molecular flexibility index (Phi) is 7.15. The number of carboxylic acid groups (broad SMARTS) is 1. The molecular formula is C16H24FNO3. The van der Waals surface area contributed by atoms with Crippen LogP contribution in [0.2, 0.25) is 0 Å². The number of carbonyl (C=O) groups is 1. The average molecular weight is 297 g/mol. The topological polar surface area (TPSA) is 58.6 Å². The van der Waals surface area contributed by atoms with Crippen LogP contribution >= 0.6 is 0 Å². The van der Waals surface area contributed by atoms with Crippen molar-refractivity contribution in [1.82, 2.24) is 5.32 Å². The molecule has 5 heteroatoms. The number of methoxy groups -OCH3 is 1. The molecule has 0 radical (unpaired) electrons. The molecule has 1 rings (SSSR count). The van der Waals surface area contributed by atoms with Crippen molar-refractivity contribution in [3.63, 3.8) is 0 Å². The van der Waals surface area contributed by atoms with Crippen LogP contribution in [0.5, 0.6) is 5.75 Å². The average Bonchev–Trinajstić information content (AvgIpc) is 2.45. The van der Waals surface area contributed by atoms with E-state index in [9.17, 15) is 9.18 Å². The number of hydrogen-bond acceptors (Lipinski definition) is 3. The van der Waals surface area contributed by atoms with E-state index in [4.69, 9.17) is 9.84 Å². The molecule has 0 aliphatic carbocycles. The maximum atomic E-state index is 13.7. The third-order valence-electron chi connectivity index (χ3n) is 3.60. The summed E-state index contributed by atoms with van der Waals surface area (Å²) in [6.07, 6.45) is 2.38. The SMILES string of the molecule is COc1ccc(CNC(C)CCCC(C)C(=O)O)c(F)c1. The third-order valence-corrected chi connectivity index (χ3v) is 3.60. The minimum Gasteiger partial charge on any atom is -0.497 e. The molecule has 0 aliphatic rings. The minimum atomic E-state index is -0.754. The predicted molar refractivity (Wildman–Crippen MR) is 79.9 cm³/mol. The van der Waals surface area contributed by atoms with E-state index in [0.717, 1.165) is 12.8 Å². The van der Waals surface area contributed by atoms with E-state index in [0.29, 0.717) is 24.3 Å². The fourth-order valence-electron chi connectivity index (χ4n) is 2.04. The predicted octanol–water partition coefficient (Wildman–Crippen LogP) is 3.20. The van der Waals surface area contributed by atoms with Crippen LogP contribution < -0.4 is 10.1 Å². The number of hydrogen-bond donors (Lipinski definition) is 2. The van der Waals surface area contributed by atoms with Crippen LogP contribution in [0.25, 0.3) is 0 Å². The summed E-state index contributed by atoms with van der Waals surface area (Å²) < 4.78 is 18.7. The molecule has 0 aliphatic heterocycles. The molecule has 0 saturated carbocycles. The summed E-state index contributed by atoms with van der Waals surface area (Å²) in [5, 5.41) is 12.1. The summed E-state index contributed by atoms with van der Waals surface area (Å²) in [6, 6.07) is 5.03. The second-order valence-corrected chi connectivity index (χ2v) is 5.41. The number of rotatable bonds is 9. The van der Waals surface area contributed by atoms with Crippen molar-refractivity contribution >= 4 is 5.97 Å². The molecule has 1 aromatic carbocycles. The van der Waals surface area contributed by atoms with Gasteiger partial charge in [0.2, 0.25) is 0 Å². The highest BCUT2D eigenvalue weighted by Gasteiger charge is 2.11. The Bertz CT molecular complexity index is 465.